The van der Waals surface area contributed by atoms with Crippen LogP contribution < -0.4 is 9.47 Å². The van der Waals surface area contributed by atoms with Crippen molar-refractivity contribution in [2.45, 2.75) is 64.2 Å². The van der Waals surface area contributed by atoms with E-state index in [2.05, 4.69) is 42.3 Å². The predicted molar refractivity (Wildman–Crippen MR) is 148 cm³/mol. The van der Waals surface area contributed by atoms with Crippen molar-refractivity contribution in [2.24, 2.45) is 7.05 Å². The number of halogens is 2. The van der Waals surface area contributed by atoms with E-state index in [0.717, 1.165) is 40.4 Å². The molecule has 0 atom stereocenters. The van der Waals surface area contributed by atoms with Crippen LogP contribution in [0.3, 0.4) is 0 Å². The van der Waals surface area contributed by atoms with Gasteiger partial charge < -0.3 is 18.8 Å². The fraction of sp³-hybridized carbons (Fsp3) is 0.452. The van der Waals surface area contributed by atoms with Crippen LogP contribution in [-0.2, 0) is 23.0 Å². The minimum atomic E-state index is -2.83. The Morgan fingerprint density at radius 1 is 1.03 bits per heavy atom. The van der Waals surface area contributed by atoms with Crippen molar-refractivity contribution in [1.82, 2.24) is 4.57 Å². The molecule has 0 amide bonds. The molecule has 206 valence electrons. The number of alkyl halides is 2. The molecule has 0 aliphatic rings. The molecule has 0 fully saturated rings. The normalized spacial score (nSPS) is 11.5. The van der Waals surface area contributed by atoms with Gasteiger partial charge in [-0.3, -0.25) is 0 Å². The van der Waals surface area contributed by atoms with Crippen LogP contribution >= 0.6 is 0 Å². The molecule has 5 nitrogen and oxygen atoms in total. The third-order valence-electron chi connectivity index (χ3n) is 6.68. The lowest BCUT2D eigenvalue weighted by Gasteiger charge is -2.16. The maximum Gasteiger partial charge on any atom is 0.330 e. The fourth-order valence-corrected chi connectivity index (χ4v) is 4.55. The monoisotopic (exact) mass is 527 g/mol. The minimum Gasteiger partial charge on any atom is -0.496 e. The SMILES string of the molecule is C=CC(=O)OCCCC(F)(F)CCCOc1ccc2cc(-c3ccc(CCCCC)cc3OC)n(C)c2c1. The summed E-state index contributed by atoms with van der Waals surface area (Å²) in [6.07, 6.45) is 5.34. The van der Waals surface area contributed by atoms with Crippen LogP contribution in [0.5, 0.6) is 11.5 Å². The first-order valence-electron chi connectivity index (χ1n) is 13.3. The molecule has 38 heavy (non-hydrogen) atoms. The average Bonchev–Trinajstić information content (AvgIpc) is 3.24. The molecule has 7 heteroatoms. The summed E-state index contributed by atoms with van der Waals surface area (Å²) in [5.41, 5.74) is 4.32. The highest BCUT2D eigenvalue weighted by Crippen LogP contribution is 2.36. The molecule has 3 rings (SSSR count). The summed E-state index contributed by atoms with van der Waals surface area (Å²) < 4.78 is 46.6. The van der Waals surface area contributed by atoms with E-state index in [1.165, 1.54) is 24.8 Å². The summed E-state index contributed by atoms with van der Waals surface area (Å²) in [4.78, 5) is 11.0. The number of aryl methyl sites for hydroxylation is 2. The van der Waals surface area contributed by atoms with Crippen LogP contribution in [0.25, 0.3) is 22.2 Å². The van der Waals surface area contributed by atoms with Gasteiger partial charge in [-0.1, -0.05) is 32.4 Å². The van der Waals surface area contributed by atoms with Gasteiger partial charge in [-0.25, -0.2) is 13.6 Å². The molecule has 0 bridgehead atoms. The number of carbonyl (C=O) groups is 1. The van der Waals surface area contributed by atoms with E-state index >= 15 is 0 Å². The first-order chi connectivity index (χ1) is 18.3. The molecule has 0 unspecified atom stereocenters. The van der Waals surface area contributed by atoms with E-state index in [1.54, 1.807) is 7.11 Å². The van der Waals surface area contributed by atoms with Crippen LogP contribution in [0.4, 0.5) is 8.78 Å². The number of rotatable bonds is 16. The average molecular weight is 528 g/mol. The summed E-state index contributed by atoms with van der Waals surface area (Å²) >= 11 is 0. The van der Waals surface area contributed by atoms with Crippen molar-refractivity contribution in [2.75, 3.05) is 20.3 Å². The Balaban J connectivity index is 1.60. The maximum absolute atomic E-state index is 14.1. The smallest absolute Gasteiger partial charge is 0.330 e. The van der Waals surface area contributed by atoms with E-state index in [9.17, 15) is 13.6 Å². The number of methoxy groups -OCH3 is 1. The highest BCUT2D eigenvalue weighted by molar-refractivity contribution is 5.89. The Morgan fingerprint density at radius 2 is 1.79 bits per heavy atom. The lowest BCUT2D eigenvalue weighted by molar-refractivity contribution is -0.138. The number of aromatic nitrogens is 1. The minimum absolute atomic E-state index is 0.0371. The van der Waals surface area contributed by atoms with Crippen LogP contribution in [0.2, 0.25) is 0 Å². The standard InChI is InChI=1S/C31H39F2NO4/c1-5-7-8-11-23-12-15-26(29(20-23)36-4)28-21-24-13-14-25(22-27(24)34(28)3)37-18-9-16-31(32,33)17-10-19-38-30(35)6-2/h6,12-15,20-22H,2,5,7-11,16-19H2,1,3-4H3. The van der Waals surface area contributed by atoms with Crippen molar-refractivity contribution in [3.63, 3.8) is 0 Å². The number of hydrogen-bond donors (Lipinski definition) is 0. The van der Waals surface area contributed by atoms with Gasteiger partial charge in [0.15, 0.2) is 0 Å². The lowest BCUT2D eigenvalue weighted by Crippen LogP contribution is -2.18. The number of unbranched alkanes of at least 4 members (excludes halogenated alkanes) is 2. The highest BCUT2D eigenvalue weighted by atomic mass is 19.3. The second kappa shape index (κ2) is 14.0. The molecule has 1 aromatic heterocycles. The number of benzene rings is 2. The van der Waals surface area contributed by atoms with E-state index in [-0.39, 0.29) is 38.9 Å². The second-order valence-electron chi connectivity index (χ2n) is 9.58. The molecular formula is C31H39F2NO4. The summed E-state index contributed by atoms with van der Waals surface area (Å²) in [6.45, 7) is 5.64. The van der Waals surface area contributed by atoms with E-state index in [4.69, 9.17) is 14.2 Å². The number of ether oxygens (including phenoxy) is 3. The van der Waals surface area contributed by atoms with E-state index in [1.807, 2.05) is 25.2 Å². The molecule has 2 aromatic carbocycles. The largest absolute Gasteiger partial charge is 0.496 e. The van der Waals surface area contributed by atoms with Crippen molar-refractivity contribution < 1.29 is 27.8 Å². The van der Waals surface area contributed by atoms with Crippen molar-refractivity contribution in [3.05, 3.63) is 60.7 Å². The zero-order valence-electron chi connectivity index (χ0n) is 22.7. The van der Waals surface area contributed by atoms with Gasteiger partial charge in [0.25, 0.3) is 0 Å². The van der Waals surface area contributed by atoms with Crippen molar-refractivity contribution in [1.29, 1.82) is 0 Å². The summed E-state index contributed by atoms with van der Waals surface area (Å²) in [7, 11) is 3.70. The molecule has 0 saturated carbocycles. The maximum atomic E-state index is 14.1. The molecule has 3 aromatic rings. The van der Waals surface area contributed by atoms with Gasteiger partial charge in [0.05, 0.1) is 31.5 Å². The van der Waals surface area contributed by atoms with Crippen molar-refractivity contribution in [3.8, 4) is 22.8 Å². The van der Waals surface area contributed by atoms with Gasteiger partial charge in [-0.15, -0.1) is 0 Å². The predicted octanol–water partition coefficient (Wildman–Crippen LogP) is 7.89. The zero-order chi connectivity index (χ0) is 27.5. The van der Waals surface area contributed by atoms with Gasteiger partial charge in [-0.2, -0.15) is 0 Å². The Kier molecular flexibility index (Phi) is 10.7. The summed E-state index contributed by atoms with van der Waals surface area (Å²) in [5, 5.41) is 1.06. The van der Waals surface area contributed by atoms with Crippen LogP contribution in [-0.4, -0.2) is 36.8 Å². The molecule has 0 radical (unpaired) electrons. The number of carbonyl (C=O) groups excluding carboxylic acids is 1. The Bertz CT molecular complexity index is 1220. The van der Waals surface area contributed by atoms with Gasteiger partial charge in [0.2, 0.25) is 5.92 Å². The number of fused-ring (bicyclic) bond motifs is 1. The Labute approximate surface area is 224 Å². The topological polar surface area (TPSA) is 49.7 Å². The van der Waals surface area contributed by atoms with Gasteiger partial charge in [0.1, 0.15) is 11.5 Å². The third-order valence-corrected chi connectivity index (χ3v) is 6.68. The van der Waals surface area contributed by atoms with Crippen LogP contribution in [0, 0.1) is 0 Å². The number of nitrogens with zero attached hydrogens (tertiary/aromatic N) is 1. The second-order valence-corrected chi connectivity index (χ2v) is 9.58. The molecule has 0 N–H and O–H groups in total. The molecule has 0 spiro atoms. The molecular weight excluding hydrogens is 488 g/mol. The van der Waals surface area contributed by atoms with E-state index < -0.39 is 11.9 Å². The van der Waals surface area contributed by atoms with Gasteiger partial charge in [0, 0.05) is 43.0 Å². The quantitative estimate of drug-likeness (QED) is 0.108. The molecule has 0 saturated heterocycles. The highest BCUT2D eigenvalue weighted by Gasteiger charge is 2.27. The zero-order valence-corrected chi connectivity index (χ0v) is 22.7. The Hall–Kier alpha value is -3.35. The van der Waals surface area contributed by atoms with Gasteiger partial charge >= 0.3 is 5.97 Å². The third kappa shape index (κ3) is 8.07. The molecule has 1 heterocycles. The molecule has 0 aliphatic carbocycles. The summed E-state index contributed by atoms with van der Waals surface area (Å²) in [6, 6.07) is 14.3. The lowest BCUT2D eigenvalue weighted by atomic mass is 10.0. The molecule has 0 aliphatic heterocycles. The Morgan fingerprint density at radius 3 is 2.50 bits per heavy atom. The number of hydrogen-bond acceptors (Lipinski definition) is 4. The van der Waals surface area contributed by atoms with E-state index in [0.29, 0.717) is 5.75 Å². The fourth-order valence-electron chi connectivity index (χ4n) is 4.55. The van der Waals surface area contributed by atoms with Crippen molar-refractivity contribution >= 4 is 16.9 Å². The van der Waals surface area contributed by atoms with Gasteiger partial charge in [-0.05, 0) is 61.6 Å². The summed E-state index contributed by atoms with van der Waals surface area (Å²) in [5.74, 6) is -1.94. The number of esters is 1. The van der Waals surface area contributed by atoms with Crippen LogP contribution in [0.15, 0.2) is 55.1 Å². The van der Waals surface area contributed by atoms with Crippen LogP contribution in [0.1, 0.15) is 57.4 Å². The first kappa shape index (κ1) is 29.2. The first-order valence-corrected chi connectivity index (χ1v) is 13.3.